The van der Waals surface area contributed by atoms with Crippen molar-refractivity contribution in [1.82, 2.24) is 0 Å². The van der Waals surface area contributed by atoms with E-state index in [-0.39, 0.29) is 5.41 Å². The lowest BCUT2D eigenvalue weighted by atomic mass is 9.85. The van der Waals surface area contributed by atoms with Gasteiger partial charge in [-0.15, -0.1) is 0 Å². The lowest BCUT2D eigenvalue weighted by molar-refractivity contribution is 0.209. The van der Waals surface area contributed by atoms with E-state index in [0.717, 1.165) is 53.2 Å². The van der Waals surface area contributed by atoms with Gasteiger partial charge in [-0.3, -0.25) is 0 Å². The minimum atomic E-state index is -0.0779. The highest BCUT2D eigenvalue weighted by Gasteiger charge is 2.22. The molecule has 0 heterocycles. The highest BCUT2D eigenvalue weighted by molar-refractivity contribution is 6.03. The molecule has 0 amide bonds. The predicted molar refractivity (Wildman–Crippen MR) is 134 cm³/mol. The molecule has 4 heteroatoms. The molecule has 0 fully saturated rings. The molecule has 0 saturated carbocycles. The van der Waals surface area contributed by atoms with Gasteiger partial charge in [0.15, 0.2) is 0 Å². The summed E-state index contributed by atoms with van der Waals surface area (Å²) in [6, 6.07) is 12.7. The molecule has 0 atom stereocenters. The summed E-state index contributed by atoms with van der Waals surface area (Å²) >= 11 is 0. The minimum Gasteiger partial charge on any atom is -0.493 e. The van der Waals surface area contributed by atoms with E-state index >= 15 is 0 Å². The van der Waals surface area contributed by atoms with Crippen molar-refractivity contribution >= 4 is 5.71 Å². The van der Waals surface area contributed by atoms with Crippen LogP contribution in [0.1, 0.15) is 62.8 Å². The number of unbranched alkanes of at least 4 members (excludes halogenated alkanes) is 1. The Morgan fingerprint density at radius 1 is 1.00 bits per heavy atom. The second-order valence-electron chi connectivity index (χ2n) is 9.14. The van der Waals surface area contributed by atoms with Gasteiger partial charge >= 0.3 is 0 Å². The van der Waals surface area contributed by atoms with Crippen LogP contribution in [0.2, 0.25) is 0 Å². The molecular formula is C28H39NO3. The zero-order chi connectivity index (χ0) is 23.6. The van der Waals surface area contributed by atoms with E-state index < -0.39 is 0 Å². The Labute approximate surface area is 194 Å². The Hall–Kier alpha value is -2.75. The zero-order valence-corrected chi connectivity index (χ0v) is 20.8. The summed E-state index contributed by atoms with van der Waals surface area (Å²) in [5.41, 5.74) is 5.54. The second kappa shape index (κ2) is 12.3. The molecule has 0 unspecified atom stereocenters. The molecule has 0 spiro atoms. The van der Waals surface area contributed by atoms with E-state index in [9.17, 15) is 0 Å². The molecule has 4 nitrogen and oxygen atoms in total. The second-order valence-corrected chi connectivity index (χ2v) is 9.14. The maximum Gasteiger partial charge on any atom is 0.125 e. The number of oxime groups is 1. The summed E-state index contributed by atoms with van der Waals surface area (Å²) in [5, 5.41) is 4.28. The molecule has 2 aromatic rings. The van der Waals surface area contributed by atoms with Gasteiger partial charge in [0.25, 0.3) is 0 Å². The molecule has 0 N–H and O–H groups in total. The summed E-state index contributed by atoms with van der Waals surface area (Å²) in [4.78, 5) is 5.09. The number of hydrogen-bond donors (Lipinski definition) is 0. The van der Waals surface area contributed by atoms with Crippen LogP contribution in [0.15, 0.2) is 53.7 Å². The number of rotatable bonds is 11. The molecule has 0 aromatic heterocycles. The molecule has 2 rings (SSSR count). The molecule has 0 radical (unpaired) electrons. The standard InChI is InChI=1S/C28H39NO3/c1-8-9-16-31-25-18-21(2)26(22(3)19-25)32-17-11-10-13-23-14-12-15-24(20-23)27(29-30-7)28(4,5)6/h8-9,12,14-15,18-20H,10-11,13,16-17H2,1-7H3/b9-8+,29-27-. The van der Waals surface area contributed by atoms with Crippen LogP contribution in [-0.2, 0) is 11.3 Å². The summed E-state index contributed by atoms with van der Waals surface area (Å²) in [5.74, 6) is 1.85. The Bertz CT molecular complexity index is 900. The Morgan fingerprint density at radius 2 is 1.72 bits per heavy atom. The van der Waals surface area contributed by atoms with E-state index in [1.54, 1.807) is 7.11 Å². The predicted octanol–water partition coefficient (Wildman–Crippen LogP) is 7.06. The first-order chi connectivity index (χ1) is 15.3. The smallest absolute Gasteiger partial charge is 0.125 e. The molecule has 0 aliphatic carbocycles. The van der Waals surface area contributed by atoms with Crippen molar-refractivity contribution in [2.75, 3.05) is 20.3 Å². The third-order valence-corrected chi connectivity index (χ3v) is 5.22. The van der Waals surface area contributed by atoms with Crippen molar-refractivity contribution < 1.29 is 14.3 Å². The minimum absolute atomic E-state index is 0.0779. The summed E-state index contributed by atoms with van der Waals surface area (Å²) < 4.78 is 11.9. The molecule has 0 aliphatic rings. The first-order valence-corrected chi connectivity index (χ1v) is 11.4. The van der Waals surface area contributed by atoms with Crippen LogP contribution in [-0.4, -0.2) is 26.0 Å². The van der Waals surface area contributed by atoms with Gasteiger partial charge in [0.05, 0.1) is 12.3 Å². The highest BCUT2D eigenvalue weighted by Crippen LogP contribution is 2.29. The van der Waals surface area contributed by atoms with Crippen LogP contribution in [0.5, 0.6) is 11.5 Å². The maximum atomic E-state index is 6.12. The van der Waals surface area contributed by atoms with Crippen LogP contribution in [0.25, 0.3) is 0 Å². The van der Waals surface area contributed by atoms with E-state index in [0.29, 0.717) is 13.2 Å². The van der Waals surface area contributed by atoms with Gasteiger partial charge in [-0.1, -0.05) is 56.3 Å². The summed E-state index contributed by atoms with van der Waals surface area (Å²) in [6.45, 7) is 13.9. The third-order valence-electron chi connectivity index (χ3n) is 5.22. The lowest BCUT2D eigenvalue weighted by Gasteiger charge is -2.21. The van der Waals surface area contributed by atoms with Gasteiger partial charge in [0.1, 0.15) is 25.2 Å². The number of hydrogen-bond acceptors (Lipinski definition) is 4. The fraction of sp³-hybridized carbons (Fsp3) is 0.464. The first kappa shape index (κ1) is 25.5. The molecule has 0 aliphatic heterocycles. The Kier molecular flexibility index (Phi) is 9.83. The van der Waals surface area contributed by atoms with Crippen LogP contribution in [0.4, 0.5) is 0 Å². The van der Waals surface area contributed by atoms with Gasteiger partial charge in [-0.25, -0.2) is 0 Å². The fourth-order valence-corrected chi connectivity index (χ4v) is 3.66. The molecular weight excluding hydrogens is 398 g/mol. The van der Waals surface area contributed by atoms with Crippen molar-refractivity contribution in [2.45, 2.75) is 60.8 Å². The summed E-state index contributed by atoms with van der Waals surface area (Å²) in [7, 11) is 1.60. The average Bonchev–Trinajstić information content (AvgIpc) is 2.73. The number of nitrogens with zero attached hydrogens (tertiary/aromatic N) is 1. The van der Waals surface area contributed by atoms with Gasteiger partial charge in [0.2, 0.25) is 0 Å². The molecule has 2 aromatic carbocycles. The van der Waals surface area contributed by atoms with Crippen LogP contribution in [0, 0.1) is 19.3 Å². The zero-order valence-electron chi connectivity index (χ0n) is 20.8. The normalized spacial score (nSPS) is 12.3. The lowest BCUT2D eigenvalue weighted by Crippen LogP contribution is -2.22. The highest BCUT2D eigenvalue weighted by atomic mass is 16.6. The number of aryl methyl sites for hydroxylation is 3. The summed E-state index contributed by atoms with van der Waals surface area (Å²) in [6.07, 6.45) is 7.07. The SMILES string of the molecule is C/C=C/COc1cc(C)c(OCCCCc2cccc(/C(=N/OC)C(C)(C)C)c2)c(C)c1. The van der Waals surface area contributed by atoms with Crippen LogP contribution in [0.3, 0.4) is 0 Å². The molecule has 32 heavy (non-hydrogen) atoms. The Morgan fingerprint density at radius 3 is 2.34 bits per heavy atom. The van der Waals surface area contributed by atoms with E-state index in [4.69, 9.17) is 14.3 Å². The molecule has 174 valence electrons. The van der Waals surface area contributed by atoms with Crippen LogP contribution < -0.4 is 9.47 Å². The van der Waals surface area contributed by atoms with E-state index in [1.807, 2.05) is 31.2 Å². The third kappa shape index (κ3) is 7.74. The Balaban J connectivity index is 1.89. The number of benzene rings is 2. The van der Waals surface area contributed by atoms with Crippen LogP contribution >= 0.6 is 0 Å². The van der Waals surface area contributed by atoms with Crippen molar-refractivity contribution in [1.29, 1.82) is 0 Å². The van der Waals surface area contributed by atoms with Crippen molar-refractivity contribution in [2.24, 2.45) is 10.6 Å². The quantitative estimate of drug-likeness (QED) is 0.164. The van der Waals surface area contributed by atoms with Gasteiger partial charge in [0, 0.05) is 11.0 Å². The molecule has 0 bridgehead atoms. The fourth-order valence-electron chi connectivity index (χ4n) is 3.66. The van der Waals surface area contributed by atoms with Gasteiger partial charge in [-0.2, -0.15) is 0 Å². The van der Waals surface area contributed by atoms with Gasteiger partial charge < -0.3 is 14.3 Å². The topological polar surface area (TPSA) is 40.0 Å². The van der Waals surface area contributed by atoms with Crippen molar-refractivity contribution in [3.8, 4) is 11.5 Å². The number of ether oxygens (including phenoxy) is 2. The maximum absolute atomic E-state index is 6.12. The van der Waals surface area contributed by atoms with E-state index in [2.05, 4.69) is 64.0 Å². The van der Waals surface area contributed by atoms with Crippen molar-refractivity contribution in [3.05, 3.63) is 70.8 Å². The van der Waals surface area contributed by atoms with Crippen molar-refractivity contribution in [3.63, 3.8) is 0 Å². The van der Waals surface area contributed by atoms with Gasteiger partial charge in [-0.05, 0) is 74.9 Å². The van der Waals surface area contributed by atoms with E-state index in [1.165, 1.54) is 5.56 Å². The first-order valence-electron chi connectivity index (χ1n) is 11.4. The average molecular weight is 438 g/mol. The monoisotopic (exact) mass is 437 g/mol. The largest absolute Gasteiger partial charge is 0.493 e. The number of allylic oxidation sites excluding steroid dienone is 1. The molecule has 0 saturated heterocycles.